The van der Waals surface area contributed by atoms with Gasteiger partial charge in [-0.3, -0.25) is 4.18 Å². The number of rotatable bonds is 22. The van der Waals surface area contributed by atoms with E-state index in [1.165, 1.54) is 89.9 Å². The maximum Gasteiger partial charge on any atom is 1.00 e. The molecular formula is C24H47KO4S. The van der Waals surface area contributed by atoms with Crippen molar-refractivity contribution in [3.8, 4) is 0 Å². The van der Waals surface area contributed by atoms with Gasteiger partial charge < -0.3 is 4.55 Å². The fourth-order valence-electron chi connectivity index (χ4n) is 3.63. The van der Waals surface area contributed by atoms with Crippen molar-refractivity contribution >= 4 is 10.4 Å². The van der Waals surface area contributed by atoms with Crippen LogP contribution in [0.1, 0.15) is 129 Å². The van der Waals surface area contributed by atoms with Crippen LogP contribution in [0, 0.1) is 5.92 Å². The molecule has 0 spiro atoms. The van der Waals surface area contributed by atoms with E-state index >= 15 is 0 Å². The third-order valence-electron chi connectivity index (χ3n) is 5.49. The Hall–Kier alpha value is 1.25. The molecule has 0 bridgehead atoms. The molecule has 1 atom stereocenters. The molecule has 174 valence electrons. The Balaban J connectivity index is 0. The Labute approximate surface area is 230 Å². The molecule has 1 unspecified atom stereocenters. The first-order valence-electron chi connectivity index (χ1n) is 12.3. The first-order valence-corrected chi connectivity index (χ1v) is 13.6. The molecule has 4 nitrogen and oxygen atoms in total. The Bertz CT molecular complexity index is 466. The summed E-state index contributed by atoms with van der Waals surface area (Å²) in [7, 11) is -4.60. The summed E-state index contributed by atoms with van der Waals surface area (Å²) in [4.78, 5) is 0. The van der Waals surface area contributed by atoms with Gasteiger partial charge in [0, 0.05) is 5.92 Å². The second-order valence-electron chi connectivity index (χ2n) is 8.41. The summed E-state index contributed by atoms with van der Waals surface area (Å²) in [6.07, 6.45) is 26.6. The van der Waals surface area contributed by atoms with E-state index in [-0.39, 0.29) is 63.9 Å². The summed E-state index contributed by atoms with van der Waals surface area (Å²) in [5.41, 5.74) is 0. The fraction of sp³-hybridized carbons (Fsp3) is 0.917. The van der Waals surface area contributed by atoms with Gasteiger partial charge in [-0.15, -0.1) is 0 Å². The Morgan fingerprint density at radius 1 is 0.733 bits per heavy atom. The van der Waals surface area contributed by atoms with Gasteiger partial charge in [-0.25, -0.2) is 8.42 Å². The van der Waals surface area contributed by atoms with E-state index in [1.54, 1.807) is 0 Å². The minimum atomic E-state index is -4.60. The molecule has 0 aromatic heterocycles. The van der Waals surface area contributed by atoms with Crippen LogP contribution < -0.4 is 51.4 Å². The molecule has 0 saturated carbocycles. The van der Waals surface area contributed by atoms with Crippen molar-refractivity contribution < 1.29 is 68.5 Å². The van der Waals surface area contributed by atoms with E-state index < -0.39 is 10.4 Å². The van der Waals surface area contributed by atoms with E-state index in [4.69, 9.17) is 0 Å². The minimum absolute atomic E-state index is 0. The molecule has 0 radical (unpaired) electrons. The van der Waals surface area contributed by atoms with Crippen LogP contribution >= 0.6 is 0 Å². The molecule has 0 aliphatic carbocycles. The topological polar surface area (TPSA) is 66.4 Å². The van der Waals surface area contributed by atoms with Crippen LogP contribution in [0.2, 0.25) is 0 Å². The molecule has 0 amide bonds. The normalized spacial score (nSPS) is 12.9. The summed E-state index contributed by atoms with van der Waals surface area (Å²) in [6.45, 7) is 4.44. The first-order chi connectivity index (χ1) is 14.0. The van der Waals surface area contributed by atoms with Gasteiger partial charge in [0.1, 0.15) is 0 Å². The van der Waals surface area contributed by atoms with E-state index in [1.807, 2.05) is 0 Å². The van der Waals surface area contributed by atoms with Crippen LogP contribution in [-0.4, -0.2) is 19.6 Å². The van der Waals surface area contributed by atoms with Crippen LogP contribution in [0.5, 0.6) is 0 Å². The summed E-state index contributed by atoms with van der Waals surface area (Å²) in [5, 5.41) is 0. The molecule has 30 heavy (non-hydrogen) atoms. The van der Waals surface area contributed by atoms with Crippen molar-refractivity contribution in [2.45, 2.75) is 129 Å². The van der Waals surface area contributed by atoms with E-state index in [0.29, 0.717) is 0 Å². The molecule has 0 saturated heterocycles. The predicted octanol–water partition coefficient (Wildman–Crippen LogP) is 4.70. The molecule has 0 rings (SSSR count). The largest absolute Gasteiger partial charge is 1.00 e. The molecule has 0 aliphatic heterocycles. The van der Waals surface area contributed by atoms with Crippen molar-refractivity contribution in [2.24, 2.45) is 5.92 Å². The fourth-order valence-corrected chi connectivity index (χ4v) is 3.97. The Morgan fingerprint density at radius 2 is 1.17 bits per heavy atom. The van der Waals surface area contributed by atoms with Gasteiger partial charge in [-0.2, -0.15) is 0 Å². The van der Waals surface area contributed by atoms with Crippen molar-refractivity contribution in [1.82, 2.24) is 0 Å². The van der Waals surface area contributed by atoms with Crippen molar-refractivity contribution in [1.29, 1.82) is 0 Å². The average molecular weight is 471 g/mol. The monoisotopic (exact) mass is 470 g/mol. The molecule has 0 heterocycles. The minimum Gasteiger partial charge on any atom is -0.726 e. The second-order valence-corrected chi connectivity index (χ2v) is 9.46. The molecule has 0 aliphatic rings. The molecule has 0 fully saturated rings. The van der Waals surface area contributed by atoms with Crippen LogP contribution in [0.4, 0.5) is 0 Å². The average Bonchev–Trinajstić information content (AvgIpc) is 2.68. The number of allylic oxidation sites excluding steroid dienone is 1. The maximum atomic E-state index is 10.8. The van der Waals surface area contributed by atoms with Crippen LogP contribution in [0.25, 0.3) is 0 Å². The van der Waals surface area contributed by atoms with Gasteiger partial charge in [-0.1, -0.05) is 122 Å². The first kappa shape index (κ1) is 33.4. The van der Waals surface area contributed by atoms with E-state index in [2.05, 4.69) is 30.2 Å². The molecule has 0 N–H and O–H groups in total. The Kier molecular flexibility index (Phi) is 27.7. The zero-order chi connectivity index (χ0) is 21.6. The van der Waals surface area contributed by atoms with Crippen LogP contribution in [0.15, 0.2) is 12.2 Å². The summed E-state index contributed by atoms with van der Waals surface area (Å²) in [5.74, 6) is 0.0213. The second kappa shape index (κ2) is 24.9. The third-order valence-corrected chi connectivity index (χ3v) is 5.91. The summed E-state index contributed by atoms with van der Waals surface area (Å²) >= 11 is 0. The van der Waals surface area contributed by atoms with Gasteiger partial charge >= 0.3 is 51.4 Å². The standard InChI is InChI=1S/C24H48O4S.K/c1-3-5-7-9-11-12-13-14-15-16-18-20-22-24(23-28-29(25,26)27)21-19-17-10-8-6-4-2;/h20,22,24H,3-19,21,23H2,1-2H3,(H,25,26,27);/q;+1/p-1/b22-20+;. The summed E-state index contributed by atoms with van der Waals surface area (Å²) < 4.78 is 36.8. The molecule has 6 heteroatoms. The smallest absolute Gasteiger partial charge is 0.726 e. The third kappa shape index (κ3) is 27.3. The van der Waals surface area contributed by atoms with Gasteiger partial charge in [0.05, 0.1) is 6.61 Å². The Morgan fingerprint density at radius 3 is 1.63 bits per heavy atom. The van der Waals surface area contributed by atoms with Gasteiger partial charge in [0.2, 0.25) is 10.4 Å². The molecule has 0 aromatic carbocycles. The quantitative estimate of drug-likeness (QED) is 0.0756. The summed E-state index contributed by atoms with van der Waals surface area (Å²) in [6, 6.07) is 0. The SMILES string of the molecule is CCCCCCCCCCCC/C=C/C(CCCCCCCC)COS(=O)(=O)[O-].[K+]. The number of hydrogen-bond acceptors (Lipinski definition) is 4. The van der Waals surface area contributed by atoms with Gasteiger partial charge in [0.15, 0.2) is 0 Å². The number of unbranched alkanes of at least 4 members (excludes halogenated alkanes) is 15. The predicted molar refractivity (Wildman–Crippen MR) is 123 cm³/mol. The molecule has 0 aromatic rings. The van der Waals surface area contributed by atoms with Crippen molar-refractivity contribution in [2.75, 3.05) is 6.61 Å². The number of hydrogen-bond donors (Lipinski definition) is 0. The van der Waals surface area contributed by atoms with Gasteiger partial charge in [0.25, 0.3) is 0 Å². The zero-order valence-corrected chi connectivity index (χ0v) is 24.1. The maximum absolute atomic E-state index is 10.8. The van der Waals surface area contributed by atoms with E-state index in [9.17, 15) is 13.0 Å². The van der Waals surface area contributed by atoms with Crippen LogP contribution in [0.3, 0.4) is 0 Å². The van der Waals surface area contributed by atoms with Gasteiger partial charge in [-0.05, 0) is 19.3 Å². The van der Waals surface area contributed by atoms with Crippen molar-refractivity contribution in [3.63, 3.8) is 0 Å². The molecular weight excluding hydrogens is 423 g/mol. The van der Waals surface area contributed by atoms with Crippen LogP contribution in [-0.2, 0) is 14.6 Å². The zero-order valence-electron chi connectivity index (χ0n) is 20.2. The van der Waals surface area contributed by atoms with E-state index in [0.717, 1.165) is 25.7 Å². The van der Waals surface area contributed by atoms with Crippen molar-refractivity contribution in [3.05, 3.63) is 12.2 Å².